The van der Waals surface area contributed by atoms with Crippen LogP contribution in [0.2, 0.25) is 0 Å². The fourth-order valence-electron chi connectivity index (χ4n) is 2.51. The highest BCUT2D eigenvalue weighted by atomic mass is 79.9. The lowest BCUT2D eigenvalue weighted by molar-refractivity contribution is 0.194. The molecule has 0 fully saturated rings. The van der Waals surface area contributed by atoms with Crippen LogP contribution < -0.4 is 0 Å². The number of aliphatic hydroxyl groups is 1. The lowest BCUT2D eigenvalue weighted by Crippen LogP contribution is -2.10. The van der Waals surface area contributed by atoms with Crippen molar-refractivity contribution in [2.75, 3.05) is 6.26 Å². The van der Waals surface area contributed by atoms with Gasteiger partial charge in [-0.3, -0.25) is 4.57 Å². The zero-order valence-corrected chi connectivity index (χ0v) is 14.7. The zero-order valence-electron chi connectivity index (χ0n) is 12.3. The largest absolute Gasteiger partial charge is 0.393 e. The summed E-state index contributed by atoms with van der Waals surface area (Å²) in [7, 11) is 0. The molecule has 3 rings (SSSR count). The summed E-state index contributed by atoms with van der Waals surface area (Å²) in [6, 6.07) is 10.2. The van der Waals surface area contributed by atoms with E-state index in [1.54, 1.807) is 13.1 Å². The Kier molecular flexibility index (Phi) is 4.52. The number of hydrogen-bond acceptors (Lipinski definition) is 4. The van der Waals surface area contributed by atoms with E-state index in [0.717, 1.165) is 32.0 Å². The molecular formula is C16H16BrN3OS. The van der Waals surface area contributed by atoms with Crippen LogP contribution in [-0.2, 0) is 6.42 Å². The van der Waals surface area contributed by atoms with Crippen LogP contribution in [0.25, 0.3) is 16.7 Å². The minimum atomic E-state index is -0.409. The molecule has 0 bridgehead atoms. The second-order valence-corrected chi connectivity index (χ2v) is 6.82. The van der Waals surface area contributed by atoms with Crippen LogP contribution in [0.4, 0.5) is 0 Å². The van der Waals surface area contributed by atoms with Crippen molar-refractivity contribution in [2.24, 2.45) is 0 Å². The molecule has 4 nitrogen and oxygen atoms in total. The van der Waals surface area contributed by atoms with Crippen LogP contribution in [-0.4, -0.2) is 32.0 Å². The Hall–Kier alpha value is -1.37. The molecule has 0 amide bonds. The van der Waals surface area contributed by atoms with Gasteiger partial charge >= 0.3 is 0 Å². The Labute approximate surface area is 141 Å². The van der Waals surface area contributed by atoms with Gasteiger partial charge in [0, 0.05) is 28.2 Å². The van der Waals surface area contributed by atoms with Gasteiger partial charge in [-0.15, -0.1) is 0 Å². The monoisotopic (exact) mass is 377 g/mol. The van der Waals surface area contributed by atoms with E-state index in [9.17, 15) is 5.11 Å². The number of nitrogens with zero attached hydrogens (tertiary/aromatic N) is 3. The highest BCUT2D eigenvalue weighted by Gasteiger charge is 2.14. The molecule has 0 saturated heterocycles. The van der Waals surface area contributed by atoms with E-state index in [2.05, 4.69) is 48.7 Å². The summed E-state index contributed by atoms with van der Waals surface area (Å²) in [4.78, 5) is 8.84. The third-order valence-electron chi connectivity index (χ3n) is 3.38. The fraction of sp³-hybridized carbons (Fsp3) is 0.250. The topological polar surface area (TPSA) is 50.9 Å². The number of halogens is 1. The summed E-state index contributed by atoms with van der Waals surface area (Å²) in [5.41, 5.74) is 2.10. The molecule has 0 radical (unpaired) electrons. The fourth-order valence-corrected chi connectivity index (χ4v) is 3.21. The summed E-state index contributed by atoms with van der Waals surface area (Å²) in [6.07, 6.45) is 3.89. The van der Waals surface area contributed by atoms with Gasteiger partial charge in [-0.1, -0.05) is 33.8 Å². The first kappa shape index (κ1) is 15.5. The Morgan fingerprint density at radius 1 is 1.32 bits per heavy atom. The van der Waals surface area contributed by atoms with E-state index in [0.29, 0.717) is 6.42 Å². The van der Waals surface area contributed by atoms with Crippen molar-refractivity contribution in [3.63, 3.8) is 0 Å². The standard InChI is InChI=1S/C16H16BrN3OS/c1-10(21)7-13-8-11-3-4-12(17)9-14(11)20(13)15-5-6-18-16(19-15)22-2/h3-6,8-10,21H,7H2,1-2H3. The molecule has 0 aliphatic rings. The van der Waals surface area contributed by atoms with Crippen molar-refractivity contribution in [3.8, 4) is 5.82 Å². The average Bonchev–Trinajstić information content (AvgIpc) is 2.83. The second kappa shape index (κ2) is 6.40. The normalized spacial score (nSPS) is 12.7. The van der Waals surface area contributed by atoms with Crippen molar-refractivity contribution in [1.82, 2.24) is 14.5 Å². The average molecular weight is 378 g/mol. The van der Waals surface area contributed by atoms with Crippen molar-refractivity contribution < 1.29 is 5.11 Å². The summed E-state index contributed by atoms with van der Waals surface area (Å²) >= 11 is 5.04. The number of aromatic nitrogens is 3. The highest BCUT2D eigenvalue weighted by Crippen LogP contribution is 2.27. The van der Waals surface area contributed by atoms with Gasteiger partial charge in [-0.05, 0) is 37.4 Å². The second-order valence-electron chi connectivity index (χ2n) is 5.13. The number of rotatable bonds is 4. The van der Waals surface area contributed by atoms with E-state index in [-0.39, 0.29) is 0 Å². The van der Waals surface area contributed by atoms with Crippen LogP contribution in [0.3, 0.4) is 0 Å². The number of fused-ring (bicyclic) bond motifs is 1. The molecule has 1 aromatic carbocycles. The van der Waals surface area contributed by atoms with Crippen LogP contribution >= 0.6 is 27.7 Å². The number of benzene rings is 1. The zero-order chi connectivity index (χ0) is 15.7. The number of aliphatic hydroxyl groups excluding tert-OH is 1. The predicted molar refractivity (Wildman–Crippen MR) is 93.7 cm³/mol. The molecule has 114 valence electrons. The first-order valence-corrected chi connectivity index (χ1v) is 8.95. The lowest BCUT2D eigenvalue weighted by atomic mass is 10.2. The Bertz CT molecular complexity index is 816. The van der Waals surface area contributed by atoms with Crippen molar-refractivity contribution in [3.05, 3.63) is 46.7 Å². The third-order valence-corrected chi connectivity index (χ3v) is 4.43. The van der Waals surface area contributed by atoms with Crippen LogP contribution in [0, 0.1) is 0 Å². The minimum Gasteiger partial charge on any atom is -0.393 e. The van der Waals surface area contributed by atoms with E-state index < -0.39 is 6.10 Å². The Morgan fingerprint density at radius 3 is 2.86 bits per heavy atom. The van der Waals surface area contributed by atoms with Crippen LogP contribution in [0.15, 0.2) is 46.2 Å². The Morgan fingerprint density at radius 2 is 2.14 bits per heavy atom. The molecule has 6 heteroatoms. The maximum atomic E-state index is 9.80. The van der Waals surface area contributed by atoms with E-state index >= 15 is 0 Å². The van der Waals surface area contributed by atoms with E-state index in [4.69, 9.17) is 0 Å². The van der Waals surface area contributed by atoms with Gasteiger partial charge in [-0.25, -0.2) is 9.97 Å². The quantitative estimate of drug-likeness (QED) is 0.554. The van der Waals surface area contributed by atoms with Gasteiger partial charge in [0.25, 0.3) is 0 Å². The summed E-state index contributed by atoms with van der Waals surface area (Å²) < 4.78 is 3.11. The minimum absolute atomic E-state index is 0.409. The van der Waals surface area contributed by atoms with Gasteiger partial charge in [0.05, 0.1) is 11.6 Å². The first-order chi connectivity index (χ1) is 10.6. The summed E-state index contributed by atoms with van der Waals surface area (Å²) in [5.74, 6) is 0.822. The van der Waals surface area contributed by atoms with Gasteiger partial charge in [0.2, 0.25) is 0 Å². The first-order valence-electron chi connectivity index (χ1n) is 6.94. The molecule has 3 aromatic rings. The molecule has 0 spiro atoms. The highest BCUT2D eigenvalue weighted by molar-refractivity contribution is 9.10. The smallest absolute Gasteiger partial charge is 0.189 e. The summed E-state index contributed by atoms with van der Waals surface area (Å²) in [5, 5.41) is 11.7. The lowest BCUT2D eigenvalue weighted by Gasteiger charge is -2.12. The van der Waals surface area contributed by atoms with Gasteiger partial charge in [-0.2, -0.15) is 0 Å². The third kappa shape index (κ3) is 3.04. The van der Waals surface area contributed by atoms with Gasteiger partial charge in [0.1, 0.15) is 5.82 Å². The van der Waals surface area contributed by atoms with Crippen LogP contribution in [0.1, 0.15) is 12.6 Å². The molecule has 2 aromatic heterocycles. The van der Waals surface area contributed by atoms with Crippen molar-refractivity contribution in [1.29, 1.82) is 0 Å². The van der Waals surface area contributed by atoms with Gasteiger partial charge in [0.15, 0.2) is 5.16 Å². The molecule has 0 aliphatic heterocycles. The molecule has 0 saturated carbocycles. The van der Waals surface area contributed by atoms with Gasteiger partial charge < -0.3 is 5.11 Å². The molecule has 1 N–H and O–H groups in total. The predicted octanol–water partition coefficient (Wildman–Crippen LogP) is 3.83. The summed E-state index contributed by atoms with van der Waals surface area (Å²) in [6.45, 7) is 1.80. The molecule has 1 unspecified atom stereocenters. The maximum Gasteiger partial charge on any atom is 0.189 e. The number of hydrogen-bond donors (Lipinski definition) is 1. The van der Waals surface area contributed by atoms with E-state index in [1.807, 2.05) is 18.4 Å². The molecule has 22 heavy (non-hydrogen) atoms. The number of thioether (sulfide) groups is 1. The van der Waals surface area contributed by atoms with Crippen molar-refractivity contribution in [2.45, 2.75) is 24.6 Å². The maximum absolute atomic E-state index is 9.80. The molecular weight excluding hydrogens is 362 g/mol. The van der Waals surface area contributed by atoms with E-state index in [1.165, 1.54) is 11.8 Å². The molecule has 1 atom stereocenters. The Balaban J connectivity index is 2.25. The van der Waals surface area contributed by atoms with Crippen molar-refractivity contribution >= 4 is 38.6 Å². The SMILES string of the molecule is CSc1nccc(-n2c(CC(C)O)cc3ccc(Br)cc32)n1. The van der Waals surface area contributed by atoms with Crippen LogP contribution in [0.5, 0.6) is 0 Å². The molecule has 2 heterocycles. The molecule has 0 aliphatic carbocycles.